The summed E-state index contributed by atoms with van der Waals surface area (Å²) in [5.74, 6) is 0.679. The molecule has 0 aliphatic rings. The molecule has 0 atom stereocenters. The summed E-state index contributed by atoms with van der Waals surface area (Å²) in [5.41, 5.74) is 0. The molecule has 0 spiro atoms. The van der Waals surface area contributed by atoms with Gasteiger partial charge < -0.3 is 0 Å². The molecular formula is C5H9O2S. The summed E-state index contributed by atoms with van der Waals surface area (Å²) in [6, 6.07) is 0. The summed E-state index contributed by atoms with van der Waals surface area (Å²) in [4.78, 5) is 9.73. The zero-order valence-corrected chi connectivity index (χ0v) is 5.66. The molecule has 0 bridgehead atoms. The van der Waals surface area contributed by atoms with E-state index in [2.05, 4.69) is 0 Å². The predicted octanol–water partition coefficient (Wildman–Crippen LogP) is 2.07. The van der Waals surface area contributed by atoms with Gasteiger partial charge in [-0.3, -0.25) is 0 Å². The quantitative estimate of drug-likeness (QED) is 0.552. The van der Waals surface area contributed by atoms with Gasteiger partial charge in [0.1, 0.15) is 0 Å². The number of thioether (sulfide) groups is 1. The molecule has 0 amide bonds. The fourth-order valence-corrected chi connectivity index (χ4v) is 0.900. The number of unbranched alkanes of at least 4 members (excludes halogenated alkanes) is 1. The van der Waals surface area contributed by atoms with Crippen LogP contribution in [-0.2, 0) is 5.11 Å². The first-order valence-corrected chi connectivity index (χ1v) is 3.59. The van der Waals surface area contributed by atoms with Crippen molar-refractivity contribution in [2.45, 2.75) is 19.8 Å². The maximum atomic E-state index is 9.73. The van der Waals surface area contributed by atoms with Gasteiger partial charge in [0.15, 0.2) is 0 Å². The van der Waals surface area contributed by atoms with E-state index in [0.29, 0.717) is 5.75 Å². The van der Waals surface area contributed by atoms with Crippen molar-refractivity contribution in [2.75, 3.05) is 5.75 Å². The van der Waals surface area contributed by atoms with Crippen molar-refractivity contribution in [2.24, 2.45) is 0 Å². The standard InChI is InChI=1S/C5H9O2S/c1-2-3-4-8-5(6)7/h2-4H2,1H3. The highest BCUT2D eigenvalue weighted by atomic mass is 32.2. The van der Waals surface area contributed by atoms with E-state index >= 15 is 0 Å². The van der Waals surface area contributed by atoms with Gasteiger partial charge in [-0.05, 0) is 18.2 Å². The number of rotatable bonds is 3. The van der Waals surface area contributed by atoms with Gasteiger partial charge in [0.2, 0.25) is 0 Å². The lowest BCUT2D eigenvalue weighted by Crippen LogP contribution is -1.83. The van der Waals surface area contributed by atoms with Crippen molar-refractivity contribution in [3.8, 4) is 0 Å². The first-order chi connectivity index (χ1) is 3.77. The van der Waals surface area contributed by atoms with Crippen molar-refractivity contribution >= 4 is 17.1 Å². The predicted molar refractivity (Wildman–Crippen MR) is 33.4 cm³/mol. The Morgan fingerprint density at radius 3 is 2.62 bits per heavy atom. The lowest BCUT2D eigenvalue weighted by atomic mass is 10.4. The van der Waals surface area contributed by atoms with Gasteiger partial charge in [-0.25, -0.2) is 9.90 Å². The second-order valence-electron chi connectivity index (χ2n) is 1.45. The van der Waals surface area contributed by atoms with Crippen LogP contribution in [0.4, 0.5) is 4.79 Å². The second-order valence-corrected chi connectivity index (χ2v) is 2.48. The Labute approximate surface area is 53.3 Å². The maximum Gasteiger partial charge on any atom is 0.413 e. The number of hydrogen-bond acceptors (Lipinski definition) is 2. The molecular weight excluding hydrogens is 124 g/mol. The normalized spacial score (nSPS) is 9.12. The molecule has 0 aliphatic carbocycles. The van der Waals surface area contributed by atoms with Crippen LogP contribution in [-0.4, -0.2) is 11.1 Å². The number of carbonyl (C=O) groups excluding carboxylic acids is 1. The highest BCUT2D eigenvalue weighted by molar-refractivity contribution is 8.13. The minimum Gasteiger partial charge on any atom is -0.234 e. The zero-order valence-electron chi connectivity index (χ0n) is 4.85. The summed E-state index contributed by atoms with van der Waals surface area (Å²) in [7, 11) is 0. The van der Waals surface area contributed by atoms with Crippen molar-refractivity contribution in [1.82, 2.24) is 0 Å². The summed E-state index contributed by atoms with van der Waals surface area (Å²) in [5, 5.41) is 8.71. The van der Waals surface area contributed by atoms with Crippen molar-refractivity contribution in [3.63, 3.8) is 0 Å². The Morgan fingerprint density at radius 2 is 2.25 bits per heavy atom. The van der Waals surface area contributed by atoms with Crippen LogP contribution in [0.3, 0.4) is 0 Å². The van der Waals surface area contributed by atoms with Crippen LogP contribution in [0.2, 0.25) is 0 Å². The van der Waals surface area contributed by atoms with Gasteiger partial charge in [-0.2, -0.15) is 0 Å². The monoisotopic (exact) mass is 133 g/mol. The van der Waals surface area contributed by atoms with E-state index in [-0.39, 0.29) is 0 Å². The molecule has 8 heavy (non-hydrogen) atoms. The van der Waals surface area contributed by atoms with Gasteiger partial charge in [0.05, 0.1) is 0 Å². The van der Waals surface area contributed by atoms with E-state index in [9.17, 15) is 9.90 Å². The molecule has 0 rings (SSSR count). The van der Waals surface area contributed by atoms with Gasteiger partial charge in [0, 0.05) is 5.75 Å². The van der Waals surface area contributed by atoms with E-state index in [4.69, 9.17) is 0 Å². The first kappa shape index (κ1) is 7.82. The Kier molecular flexibility index (Phi) is 4.85. The largest absolute Gasteiger partial charge is 0.413 e. The molecule has 0 saturated heterocycles. The smallest absolute Gasteiger partial charge is 0.234 e. The van der Waals surface area contributed by atoms with Crippen molar-refractivity contribution in [3.05, 3.63) is 0 Å². The molecule has 0 saturated carbocycles. The first-order valence-electron chi connectivity index (χ1n) is 2.61. The van der Waals surface area contributed by atoms with Gasteiger partial charge in [0.25, 0.3) is 0 Å². The number of hydrogen-bond donors (Lipinski definition) is 0. The number of carbonyl (C=O) groups is 1. The third-order valence-electron chi connectivity index (χ3n) is 0.718. The van der Waals surface area contributed by atoms with Crippen LogP contribution < -0.4 is 0 Å². The third kappa shape index (κ3) is 5.82. The minimum atomic E-state index is -1.02. The topological polar surface area (TPSA) is 37.0 Å². The SMILES string of the molecule is CCCCSC([O])=O. The van der Waals surface area contributed by atoms with Gasteiger partial charge in [-0.15, -0.1) is 0 Å². The average Bonchev–Trinajstić information content (AvgIpc) is 1.66. The third-order valence-corrected chi connectivity index (χ3v) is 1.45. The molecule has 1 radical (unpaired) electrons. The van der Waals surface area contributed by atoms with E-state index in [1.165, 1.54) is 0 Å². The fraction of sp³-hybridized carbons (Fsp3) is 0.800. The van der Waals surface area contributed by atoms with Crippen LogP contribution in [0.1, 0.15) is 19.8 Å². The molecule has 0 aromatic carbocycles. The van der Waals surface area contributed by atoms with Crippen molar-refractivity contribution in [1.29, 1.82) is 0 Å². The van der Waals surface area contributed by atoms with E-state index in [1.807, 2.05) is 6.92 Å². The molecule has 0 heterocycles. The minimum absolute atomic E-state index is 0.679. The second kappa shape index (κ2) is 4.97. The molecule has 0 aliphatic heterocycles. The van der Waals surface area contributed by atoms with E-state index in [1.54, 1.807) is 0 Å². The lowest BCUT2D eigenvalue weighted by Gasteiger charge is -1.87. The zero-order chi connectivity index (χ0) is 6.41. The lowest BCUT2D eigenvalue weighted by molar-refractivity contribution is 0.199. The molecule has 3 heteroatoms. The van der Waals surface area contributed by atoms with Gasteiger partial charge in [-0.1, -0.05) is 13.3 Å². The molecule has 47 valence electrons. The fourth-order valence-electron chi connectivity index (χ4n) is 0.300. The molecule has 0 fully saturated rings. The Balaban J connectivity index is 2.82. The molecule has 0 unspecified atom stereocenters. The molecule has 0 aromatic rings. The Bertz CT molecular complexity index is 72.8. The average molecular weight is 133 g/mol. The Morgan fingerprint density at radius 1 is 1.62 bits per heavy atom. The molecule has 0 N–H and O–H groups in total. The highest BCUT2D eigenvalue weighted by Crippen LogP contribution is 2.04. The Hall–Kier alpha value is -0.180. The van der Waals surface area contributed by atoms with Crippen LogP contribution >= 0.6 is 11.8 Å². The van der Waals surface area contributed by atoms with E-state index in [0.717, 1.165) is 24.6 Å². The van der Waals surface area contributed by atoms with Gasteiger partial charge >= 0.3 is 5.30 Å². The maximum absolute atomic E-state index is 9.73. The van der Waals surface area contributed by atoms with Crippen LogP contribution in [0.5, 0.6) is 0 Å². The summed E-state index contributed by atoms with van der Waals surface area (Å²) in [6.07, 6.45) is 2.00. The van der Waals surface area contributed by atoms with Crippen LogP contribution in [0.15, 0.2) is 0 Å². The summed E-state index contributed by atoms with van der Waals surface area (Å²) in [6.45, 7) is 2.02. The highest BCUT2D eigenvalue weighted by Gasteiger charge is 1.96. The van der Waals surface area contributed by atoms with Crippen molar-refractivity contribution < 1.29 is 9.90 Å². The summed E-state index contributed by atoms with van der Waals surface area (Å²) >= 11 is 0.861. The summed E-state index contributed by atoms with van der Waals surface area (Å²) < 4.78 is 0. The molecule has 2 nitrogen and oxygen atoms in total. The van der Waals surface area contributed by atoms with Crippen LogP contribution in [0.25, 0.3) is 0 Å². The molecule has 0 aromatic heterocycles. The van der Waals surface area contributed by atoms with E-state index < -0.39 is 5.30 Å². The van der Waals surface area contributed by atoms with Crippen LogP contribution in [0, 0.1) is 0 Å².